The molecule has 90 valence electrons. The Morgan fingerprint density at radius 2 is 2.29 bits per heavy atom. The van der Waals surface area contributed by atoms with Crippen LogP contribution in [0.5, 0.6) is 0 Å². The largest absolute Gasteiger partial charge is 0.398 e. The van der Waals surface area contributed by atoms with Gasteiger partial charge >= 0.3 is 0 Å². The van der Waals surface area contributed by atoms with Gasteiger partial charge in [-0.25, -0.2) is 0 Å². The third kappa shape index (κ3) is 3.22. The summed E-state index contributed by atoms with van der Waals surface area (Å²) in [6, 6.07) is 7.21. The minimum Gasteiger partial charge on any atom is -0.398 e. The normalized spacial score (nSPS) is 11.6. The third-order valence-corrected chi connectivity index (χ3v) is 2.79. The second-order valence-electron chi connectivity index (χ2n) is 3.96. The van der Waals surface area contributed by atoms with Gasteiger partial charge in [0, 0.05) is 17.3 Å². The van der Waals surface area contributed by atoms with Crippen LogP contribution in [0.2, 0.25) is 0 Å². The summed E-state index contributed by atoms with van der Waals surface area (Å²) in [6.07, 6.45) is 1.06. The van der Waals surface area contributed by atoms with Crippen molar-refractivity contribution >= 4 is 11.6 Å². The van der Waals surface area contributed by atoms with Crippen molar-refractivity contribution in [3.05, 3.63) is 29.3 Å². The third-order valence-electron chi connectivity index (χ3n) is 2.79. The molecular formula is C13H17N3O. The molecule has 0 aliphatic carbocycles. The van der Waals surface area contributed by atoms with Crippen LogP contribution in [0.3, 0.4) is 0 Å². The molecule has 0 saturated heterocycles. The number of hydrogen-bond acceptors (Lipinski definition) is 3. The molecule has 0 saturated carbocycles. The van der Waals surface area contributed by atoms with Gasteiger partial charge in [0.25, 0.3) is 5.91 Å². The van der Waals surface area contributed by atoms with Gasteiger partial charge in [0.2, 0.25) is 0 Å². The van der Waals surface area contributed by atoms with Crippen molar-refractivity contribution in [1.29, 1.82) is 5.26 Å². The van der Waals surface area contributed by atoms with E-state index in [9.17, 15) is 4.79 Å². The van der Waals surface area contributed by atoms with Crippen molar-refractivity contribution < 1.29 is 4.79 Å². The zero-order valence-electron chi connectivity index (χ0n) is 10.2. The van der Waals surface area contributed by atoms with Crippen LogP contribution in [0.15, 0.2) is 18.2 Å². The molecule has 0 fully saturated rings. The highest BCUT2D eigenvalue weighted by Gasteiger charge is 2.14. The molecule has 0 aliphatic rings. The molecule has 0 heterocycles. The van der Waals surface area contributed by atoms with Crippen LogP contribution in [0.1, 0.15) is 35.7 Å². The van der Waals surface area contributed by atoms with Crippen LogP contribution in [0.4, 0.5) is 5.69 Å². The first-order valence-corrected chi connectivity index (χ1v) is 5.63. The van der Waals surface area contributed by atoms with E-state index in [1.807, 2.05) is 13.8 Å². The second-order valence-corrected chi connectivity index (χ2v) is 3.96. The Morgan fingerprint density at radius 3 is 2.88 bits per heavy atom. The Bertz CT molecular complexity index is 448. The Balaban J connectivity index is 2.83. The molecule has 1 atom stereocenters. The quantitative estimate of drug-likeness (QED) is 0.778. The molecule has 1 unspecified atom stereocenters. The first kappa shape index (κ1) is 13.0. The maximum Gasteiger partial charge on any atom is 0.251 e. The minimum atomic E-state index is -0.170. The van der Waals surface area contributed by atoms with Crippen molar-refractivity contribution in [2.75, 3.05) is 5.73 Å². The molecule has 0 bridgehead atoms. The highest BCUT2D eigenvalue weighted by Crippen LogP contribution is 2.15. The summed E-state index contributed by atoms with van der Waals surface area (Å²) in [5.74, 6) is -0.170. The van der Waals surface area contributed by atoms with Crippen LogP contribution >= 0.6 is 0 Å². The number of benzene rings is 1. The zero-order valence-corrected chi connectivity index (χ0v) is 10.2. The Morgan fingerprint density at radius 1 is 1.59 bits per heavy atom. The second kappa shape index (κ2) is 5.90. The number of nitrogens with zero attached hydrogens (tertiary/aromatic N) is 1. The van der Waals surface area contributed by atoms with E-state index in [4.69, 9.17) is 11.0 Å². The molecule has 1 aromatic carbocycles. The van der Waals surface area contributed by atoms with Gasteiger partial charge in [-0.15, -0.1) is 0 Å². The van der Waals surface area contributed by atoms with E-state index in [0.29, 0.717) is 17.7 Å². The summed E-state index contributed by atoms with van der Waals surface area (Å²) in [5, 5.41) is 11.5. The first-order valence-electron chi connectivity index (χ1n) is 5.63. The predicted molar refractivity (Wildman–Crippen MR) is 67.4 cm³/mol. The van der Waals surface area contributed by atoms with Gasteiger partial charge in [-0.05, 0) is 31.0 Å². The number of amides is 1. The highest BCUT2D eigenvalue weighted by molar-refractivity contribution is 5.97. The lowest BCUT2D eigenvalue weighted by Crippen LogP contribution is -2.34. The fourth-order valence-corrected chi connectivity index (χ4v) is 1.57. The van der Waals surface area contributed by atoms with Gasteiger partial charge in [0.1, 0.15) is 0 Å². The number of nitriles is 1. The highest BCUT2D eigenvalue weighted by atomic mass is 16.1. The average Bonchev–Trinajstić information content (AvgIpc) is 2.31. The van der Waals surface area contributed by atoms with Crippen molar-refractivity contribution in [2.24, 2.45) is 0 Å². The van der Waals surface area contributed by atoms with Crippen LogP contribution in [-0.4, -0.2) is 11.9 Å². The van der Waals surface area contributed by atoms with Gasteiger partial charge in [-0.3, -0.25) is 4.79 Å². The van der Waals surface area contributed by atoms with Crippen LogP contribution < -0.4 is 11.1 Å². The Kier molecular flexibility index (Phi) is 4.53. The van der Waals surface area contributed by atoms with E-state index in [-0.39, 0.29) is 11.9 Å². The molecule has 0 radical (unpaired) electrons. The number of anilines is 1. The maximum atomic E-state index is 12.0. The lowest BCUT2D eigenvalue weighted by Gasteiger charge is -2.15. The zero-order chi connectivity index (χ0) is 12.8. The summed E-state index contributed by atoms with van der Waals surface area (Å²) in [7, 11) is 0. The molecule has 0 spiro atoms. The minimum absolute atomic E-state index is 0.103. The lowest BCUT2D eigenvalue weighted by atomic mass is 10.1. The predicted octanol–water partition coefficient (Wildman–Crippen LogP) is 2.00. The topological polar surface area (TPSA) is 78.9 Å². The van der Waals surface area contributed by atoms with E-state index < -0.39 is 0 Å². The molecule has 1 rings (SSSR count). The molecule has 17 heavy (non-hydrogen) atoms. The van der Waals surface area contributed by atoms with Crippen molar-refractivity contribution in [2.45, 2.75) is 32.7 Å². The van der Waals surface area contributed by atoms with Crippen LogP contribution in [0, 0.1) is 18.3 Å². The number of rotatable bonds is 4. The van der Waals surface area contributed by atoms with E-state index in [1.54, 1.807) is 18.2 Å². The summed E-state index contributed by atoms with van der Waals surface area (Å²) in [5.41, 5.74) is 7.70. The molecule has 1 aromatic rings. The number of nitrogens with one attached hydrogen (secondary N) is 1. The smallest absolute Gasteiger partial charge is 0.251 e. The molecule has 4 nitrogen and oxygen atoms in total. The van der Waals surface area contributed by atoms with Gasteiger partial charge in [-0.1, -0.05) is 13.0 Å². The molecule has 0 aliphatic heterocycles. The fourth-order valence-electron chi connectivity index (χ4n) is 1.57. The monoisotopic (exact) mass is 231 g/mol. The van der Waals surface area contributed by atoms with Crippen molar-refractivity contribution in [1.82, 2.24) is 5.32 Å². The number of hydrogen-bond donors (Lipinski definition) is 2. The van der Waals surface area contributed by atoms with E-state index in [0.717, 1.165) is 12.0 Å². The molecule has 0 aromatic heterocycles. The average molecular weight is 231 g/mol. The number of nitrogens with two attached hydrogens (primary N) is 1. The Hall–Kier alpha value is -2.02. The molecule has 4 heteroatoms. The van der Waals surface area contributed by atoms with Crippen molar-refractivity contribution in [3.8, 4) is 6.07 Å². The molecular weight excluding hydrogens is 214 g/mol. The van der Waals surface area contributed by atoms with E-state index in [1.165, 1.54) is 0 Å². The first-order chi connectivity index (χ1) is 8.10. The standard InChI is InChI=1S/C13H17N3O/c1-3-10(7-8-14)16-13(17)11-5-4-6-12(15)9(11)2/h4-6,10H,3,7,15H2,1-2H3,(H,16,17). The number of nitrogen functional groups attached to an aromatic ring is 1. The van der Waals surface area contributed by atoms with Gasteiger partial charge < -0.3 is 11.1 Å². The van der Waals surface area contributed by atoms with E-state index >= 15 is 0 Å². The lowest BCUT2D eigenvalue weighted by molar-refractivity contribution is 0.0936. The molecule has 1 amide bonds. The Labute approximate surface area is 101 Å². The number of carbonyl (C=O) groups excluding carboxylic acids is 1. The van der Waals surface area contributed by atoms with Gasteiger partial charge in [-0.2, -0.15) is 5.26 Å². The van der Waals surface area contributed by atoms with Gasteiger partial charge in [0.05, 0.1) is 12.5 Å². The van der Waals surface area contributed by atoms with Crippen LogP contribution in [-0.2, 0) is 0 Å². The summed E-state index contributed by atoms with van der Waals surface area (Å²) in [4.78, 5) is 12.0. The summed E-state index contributed by atoms with van der Waals surface area (Å²) < 4.78 is 0. The summed E-state index contributed by atoms with van der Waals surface area (Å²) >= 11 is 0. The maximum absolute atomic E-state index is 12.0. The number of carbonyl (C=O) groups is 1. The summed E-state index contributed by atoms with van der Waals surface area (Å²) in [6.45, 7) is 3.75. The van der Waals surface area contributed by atoms with Crippen LogP contribution in [0.25, 0.3) is 0 Å². The molecule has 3 N–H and O–H groups in total. The van der Waals surface area contributed by atoms with Gasteiger partial charge in [0.15, 0.2) is 0 Å². The SMILES string of the molecule is CCC(CC#N)NC(=O)c1cccc(N)c1C. The van der Waals surface area contributed by atoms with Crippen molar-refractivity contribution in [3.63, 3.8) is 0 Å². The fraction of sp³-hybridized carbons (Fsp3) is 0.385. The van der Waals surface area contributed by atoms with E-state index in [2.05, 4.69) is 11.4 Å².